The zero-order valence-corrected chi connectivity index (χ0v) is 25.3. The van der Waals surface area contributed by atoms with Crippen LogP contribution in [-0.4, -0.2) is 13.7 Å². The van der Waals surface area contributed by atoms with E-state index in [1.807, 2.05) is 0 Å². The van der Waals surface area contributed by atoms with Crippen LogP contribution in [0, 0.1) is 0 Å². The average Bonchev–Trinajstić information content (AvgIpc) is 1.61. The van der Waals surface area contributed by atoms with E-state index in [4.69, 9.17) is 23.3 Å². The van der Waals surface area contributed by atoms with Crippen molar-refractivity contribution in [1.29, 1.82) is 0 Å². The van der Waals surface area contributed by atoms with Crippen LogP contribution in [0.25, 0.3) is 93.6 Å². The van der Waals surface area contributed by atoms with Gasteiger partial charge in [0.2, 0.25) is 0 Å². The Bertz CT molecular complexity index is 4830. The Labute approximate surface area is 338 Å². The first-order chi connectivity index (χ1) is 38.2. The smallest absolute Gasteiger partial charge is 0.0783 e. The Balaban J connectivity index is 1.57. The first-order valence-electron chi connectivity index (χ1n) is 30.5. The first kappa shape index (κ1) is 11.3. The van der Waals surface area contributed by atoms with Crippen molar-refractivity contribution in [2.75, 3.05) is 0 Å². The molecule has 0 aliphatic heterocycles. The van der Waals surface area contributed by atoms with E-state index in [-0.39, 0.29) is 0 Å². The van der Waals surface area contributed by atoms with Crippen LogP contribution < -0.4 is 0 Å². The number of aromatic nitrogens is 3. The number of rotatable bonds is 4. The van der Waals surface area contributed by atoms with E-state index >= 15 is 0 Å². The molecule has 11 rings (SSSR count). The predicted octanol–water partition coefficient (Wildman–Crippen LogP) is 12.6. The third kappa shape index (κ3) is 3.94. The lowest BCUT2D eigenvalue weighted by Crippen LogP contribution is -2.04. The average molecular weight is 681 g/mol. The van der Waals surface area contributed by atoms with Gasteiger partial charge in [-0.05, 0) is 47.9 Å². The van der Waals surface area contributed by atoms with E-state index in [1.54, 1.807) is 0 Å². The second kappa shape index (κ2) is 10.8. The van der Waals surface area contributed by atoms with Gasteiger partial charge >= 0.3 is 0 Å². The topological polar surface area (TPSA) is 14.8 Å². The van der Waals surface area contributed by atoms with Gasteiger partial charge in [0, 0.05) is 37.9 Å². The standard InChI is InChI=1S/C48H31N3/c1-2-16-32(17-3-1)33-18-4-9-25-40(33)50-43-28-12-7-21-36(43)39-24-15-31-46(48(39)50)51-44-29-13-8-22-37(44)38-23-14-30-45(47(38)51)49-41-26-10-5-19-34(41)35-20-6-11-27-42(35)49/h1-31H/i1D,2D,3D,4D,5D,6D,7D,8D,9D,10D,11D,12D,13D,14D,15D,16D,17D,18D,19D,20D,21D,22D,23D,24D,25D,26D,27D,28D,29D,30D,31D. The van der Waals surface area contributed by atoms with E-state index in [0.29, 0.717) is 9.13 Å². The molecule has 238 valence electrons. The van der Waals surface area contributed by atoms with Crippen molar-refractivity contribution >= 4 is 65.4 Å². The number of hydrogen-bond donors (Lipinski definition) is 0. The molecule has 0 spiro atoms. The molecule has 0 atom stereocenters. The highest BCUT2D eigenvalue weighted by Crippen LogP contribution is 2.43. The third-order valence-electron chi connectivity index (χ3n) is 8.51. The van der Waals surface area contributed by atoms with Crippen molar-refractivity contribution in [3.05, 3.63) is 187 Å². The molecule has 0 unspecified atom stereocenters. The molecule has 0 aliphatic rings. The summed E-state index contributed by atoms with van der Waals surface area (Å²) in [5.41, 5.74) is -9.41. The van der Waals surface area contributed by atoms with E-state index in [1.165, 1.54) is 0 Å². The molecule has 8 aromatic carbocycles. The molecule has 3 nitrogen and oxygen atoms in total. The fraction of sp³-hybridized carbons (Fsp3) is 0. The zero-order valence-electron chi connectivity index (χ0n) is 56.3. The molecule has 3 heterocycles. The minimum atomic E-state index is -1.18. The van der Waals surface area contributed by atoms with Gasteiger partial charge in [-0.1, -0.05) is 145 Å². The van der Waals surface area contributed by atoms with Crippen LogP contribution in [0.15, 0.2) is 187 Å². The molecule has 0 saturated heterocycles. The first-order valence-corrected chi connectivity index (χ1v) is 15.0. The van der Waals surface area contributed by atoms with Crippen molar-refractivity contribution in [3.63, 3.8) is 0 Å². The lowest BCUT2D eigenvalue weighted by Gasteiger charge is -2.18. The molecule has 0 amide bonds. The minimum Gasteiger partial charge on any atom is -0.307 e. The quantitative estimate of drug-likeness (QED) is 0.176. The van der Waals surface area contributed by atoms with E-state index in [2.05, 4.69) is 0 Å². The molecule has 0 radical (unpaired) electrons. The fourth-order valence-corrected chi connectivity index (χ4v) is 6.55. The molecule has 0 saturated carbocycles. The van der Waals surface area contributed by atoms with Crippen molar-refractivity contribution in [2.45, 2.75) is 0 Å². The molecule has 3 aromatic heterocycles. The van der Waals surface area contributed by atoms with Gasteiger partial charge < -0.3 is 13.7 Å². The largest absolute Gasteiger partial charge is 0.307 e. The maximum Gasteiger partial charge on any atom is 0.0783 e. The van der Waals surface area contributed by atoms with Crippen LogP contribution in [0.2, 0.25) is 0 Å². The SMILES string of the molecule is [2H]c1c([2H])c([2H])c(-c2c([2H])c([2H])c([2H])c([2H])c2-n2c3c([2H])c([2H])c([2H])c([2H])c3c3c([2H])c([2H])c([2H])c(-n4c5c([2H])c([2H])c([2H])c([2H])c5c5c([2H])c([2H])c([2H])c(-n6c7c([2H])c([2H])c([2H])c([2H])c7c7c([2H])c([2H])c([2H])c([2H])c76)c54)c32)c([2H])c1[2H]. The normalized spacial score (nSPS) is 20.4. The Morgan fingerprint density at radius 2 is 0.627 bits per heavy atom. The van der Waals surface area contributed by atoms with E-state index < -0.39 is 281 Å². The summed E-state index contributed by atoms with van der Waals surface area (Å²) in [5, 5.41) is -4.06. The predicted molar refractivity (Wildman–Crippen MR) is 215 cm³/mol. The molecule has 3 heteroatoms. The Kier molecular flexibility index (Phi) is 2.41. The molecule has 0 N–H and O–H groups in total. The van der Waals surface area contributed by atoms with Gasteiger partial charge in [-0.3, -0.25) is 0 Å². The van der Waals surface area contributed by atoms with E-state index in [0.717, 1.165) is 4.57 Å². The summed E-state index contributed by atoms with van der Waals surface area (Å²) in [6.45, 7) is 0. The van der Waals surface area contributed by atoms with Gasteiger partial charge in [0.25, 0.3) is 0 Å². The number of para-hydroxylation sites is 7. The van der Waals surface area contributed by atoms with Crippen molar-refractivity contribution < 1.29 is 42.5 Å². The third-order valence-corrected chi connectivity index (χ3v) is 8.51. The highest BCUT2D eigenvalue weighted by atomic mass is 15.1. The highest BCUT2D eigenvalue weighted by Gasteiger charge is 2.23. The highest BCUT2D eigenvalue weighted by molar-refractivity contribution is 6.18. The molecular formula is C48H31N3. The van der Waals surface area contributed by atoms with Crippen LogP contribution in [-0.2, 0) is 0 Å². The summed E-state index contributed by atoms with van der Waals surface area (Å²) < 4.78 is 286. The summed E-state index contributed by atoms with van der Waals surface area (Å²) >= 11 is 0. The Morgan fingerprint density at radius 1 is 0.275 bits per heavy atom. The van der Waals surface area contributed by atoms with Crippen LogP contribution in [0.1, 0.15) is 42.5 Å². The van der Waals surface area contributed by atoms with Crippen molar-refractivity contribution in [3.8, 4) is 28.2 Å². The van der Waals surface area contributed by atoms with Crippen LogP contribution >= 0.6 is 0 Å². The summed E-state index contributed by atoms with van der Waals surface area (Å²) in [6, 6.07) is -31.6. The molecular weight excluding hydrogens is 619 g/mol. The molecule has 0 bridgehead atoms. The lowest BCUT2D eigenvalue weighted by atomic mass is 10.0. The fourth-order valence-electron chi connectivity index (χ4n) is 6.55. The molecule has 0 fully saturated rings. The van der Waals surface area contributed by atoms with Crippen molar-refractivity contribution in [2.24, 2.45) is 0 Å². The van der Waals surface area contributed by atoms with Gasteiger partial charge in [0.1, 0.15) is 0 Å². The lowest BCUT2D eigenvalue weighted by molar-refractivity contribution is 1.11. The molecule has 11 aromatic rings. The molecule has 0 aliphatic carbocycles. The summed E-state index contributed by atoms with van der Waals surface area (Å²) in [4.78, 5) is 0. The maximum atomic E-state index is 9.99. The number of fused-ring (bicyclic) bond motifs is 9. The van der Waals surface area contributed by atoms with Gasteiger partial charge in [-0.15, -0.1) is 0 Å². The number of hydrogen-bond acceptors (Lipinski definition) is 0. The van der Waals surface area contributed by atoms with Gasteiger partial charge in [-0.25, -0.2) is 0 Å². The summed E-state index contributed by atoms with van der Waals surface area (Å²) in [6.07, 6.45) is 0. The van der Waals surface area contributed by atoms with E-state index in [9.17, 15) is 19.2 Å². The summed E-state index contributed by atoms with van der Waals surface area (Å²) in [7, 11) is 0. The monoisotopic (exact) mass is 680 g/mol. The van der Waals surface area contributed by atoms with Gasteiger partial charge in [-0.2, -0.15) is 0 Å². The van der Waals surface area contributed by atoms with Gasteiger partial charge in [0.15, 0.2) is 0 Å². The summed E-state index contributed by atoms with van der Waals surface area (Å²) in [5.74, 6) is 0. The van der Waals surface area contributed by atoms with Gasteiger partial charge in [0.05, 0.1) is 92.7 Å². The second-order valence-corrected chi connectivity index (χ2v) is 11.0. The number of benzene rings is 8. The Morgan fingerprint density at radius 3 is 1.18 bits per heavy atom. The number of nitrogens with zero attached hydrogens (tertiary/aromatic N) is 3. The molecule has 51 heavy (non-hydrogen) atoms. The maximum absolute atomic E-state index is 9.99. The zero-order chi connectivity index (χ0) is 60.4. The van der Waals surface area contributed by atoms with Crippen LogP contribution in [0.4, 0.5) is 0 Å². The minimum absolute atomic E-state index is 0.577. The van der Waals surface area contributed by atoms with Crippen LogP contribution in [0.5, 0.6) is 0 Å². The van der Waals surface area contributed by atoms with Crippen LogP contribution in [0.3, 0.4) is 0 Å². The second-order valence-electron chi connectivity index (χ2n) is 11.0. The Hall–Kier alpha value is -6.84. The van der Waals surface area contributed by atoms with Crippen molar-refractivity contribution in [1.82, 2.24) is 13.7 Å².